The molecule has 0 aliphatic carbocycles. The number of aryl methyl sites for hydroxylation is 3. The second kappa shape index (κ2) is 5.85. The van der Waals surface area contributed by atoms with Gasteiger partial charge in [0.15, 0.2) is 24.8 Å². The Kier molecular flexibility index (Phi) is 4.44. The van der Waals surface area contributed by atoms with Gasteiger partial charge in [-0.05, 0) is 44.0 Å². The molecule has 0 saturated heterocycles. The monoisotopic (exact) mass is 338 g/mol. The van der Waals surface area contributed by atoms with E-state index in [0.29, 0.717) is 11.1 Å². The molecular formula is C16H18O4S2. The molecule has 0 unspecified atom stereocenters. The van der Waals surface area contributed by atoms with Crippen LogP contribution in [0, 0.1) is 20.8 Å². The first-order valence-electron chi connectivity index (χ1n) is 6.72. The third-order valence-electron chi connectivity index (χ3n) is 3.33. The van der Waals surface area contributed by atoms with Crippen molar-refractivity contribution < 1.29 is 16.8 Å². The van der Waals surface area contributed by atoms with Crippen molar-refractivity contribution in [2.45, 2.75) is 30.6 Å². The molecular weight excluding hydrogens is 320 g/mol. The van der Waals surface area contributed by atoms with Crippen molar-refractivity contribution >= 4 is 19.7 Å². The summed E-state index contributed by atoms with van der Waals surface area (Å²) >= 11 is 0. The summed E-state index contributed by atoms with van der Waals surface area (Å²) in [5, 5.41) is -0.922. The molecule has 0 aliphatic rings. The summed E-state index contributed by atoms with van der Waals surface area (Å²) < 4.78 is 49.9. The predicted molar refractivity (Wildman–Crippen MR) is 86.3 cm³/mol. The Hall–Kier alpha value is -1.66. The van der Waals surface area contributed by atoms with Gasteiger partial charge < -0.3 is 0 Å². The van der Waals surface area contributed by atoms with Crippen LogP contribution in [-0.4, -0.2) is 21.9 Å². The van der Waals surface area contributed by atoms with Gasteiger partial charge in [0.1, 0.15) is 0 Å². The van der Waals surface area contributed by atoms with E-state index in [4.69, 9.17) is 0 Å². The standard InChI is InChI=1S/C16H18O4S2/c1-12-9-13(2)16(14(3)10-12)22(19,20)11-21(17,18)15-7-5-4-6-8-15/h4-10H,11H2,1-3H3. The lowest BCUT2D eigenvalue weighted by atomic mass is 10.1. The molecule has 0 atom stereocenters. The summed E-state index contributed by atoms with van der Waals surface area (Å²) in [6.45, 7) is 5.24. The molecule has 0 bridgehead atoms. The van der Waals surface area contributed by atoms with E-state index >= 15 is 0 Å². The summed E-state index contributed by atoms with van der Waals surface area (Å²) in [7, 11) is -7.83. The number of benzene rings is 2. The molecule has 6 heteroatoms. The molecule has 0 heterocycles. The van der Waals surface area contributed by atoms with Gasteiger partial charge >= 0.3 is 0 Å². The fourth-order valence-electron chi connectivity index (χ4n) is 2.62. The minimum absolute atomic E-state index is 0.0148. The van der Waals surface area contributed by atoms with E-state index in [-0.39, 0.29) is 9.79 Å². The van der Waals surface area contributed by atoms with Gasteiger partial charge in [0.25, 0.3) is 0 Å². The molecule has 0 radical (unpaired) electrons. The second-order valence-electron chi connectivity index (χ2n) is 5.39. The fourth-order valence-corrected chi connectivity index (χ4v) is 6.94. The SMILES string of the molecule is Cc1cc(C)c(S(=O)(=O)CS(=O)(=O)c2ccccc2)c(C)c1. The van der Waals surface area contributed by atoms with Crippen LogP contribution in [0.1, 0.15) is 16.7 Å². The van der Waals surface area contributed by atoms with Crippen LogP contribution >= 0.6 is 0 Å². The maximum atomic E-state index is 12.6. The van der Waals surface area contributed by atoms with Gasteiger partial charge in [-0.15, -0.1) is 0 Å². The first-order valence-corrected chi connectivity index (χ1v) is 10.0. The Morgan fingerprint density at radius 3 is 1.77 bits per heavy atom. The molecule has 0 aromatic heterocycles. The lowest BCUT2D eigenvalue weighted by molar-refractivity contribution is 0.588. The highest BCUT2D eigenvalue weighted by molar-refractivity contribution is 8.08. The Morgan fingerprint density at radius 1 is 0.773 bits per heavy atom. The Labute approximate surface area is 131 Å². The van der Waals surface area contributed by atoms with Crippen molar-refractivity contribution in [1.82, 2.24) is 0 Å². The molecule has 2 aromatic rings. The van der Waals surface area contributed by atoms with Gasteiger partial charge in [0, 0.05) is 0 Å². The van der Waals surface area contributed by atoms with Gasteiger partial charge in [-0.3, -0.25) is 0 Å². The zero-order valence-electron chi connectivity index (χ0n) is 12.7. The van der Waals surface area contributed by atoms with Crippen molar-refractivity contribution in [2.75, 3.05) is 5.08 Å². The van der Waals surface area contributed by atoms with E-state index in [9.17, 15) is 16.8 Å². The summed E-state index contributed by atoms with van der Waals surface area (Å²) in [6, 6.07) is 11.1. The van der Waals surface area contributed by atoms with Crippen LogP contribution in [0.15, 0.2) is 52.3 Å². The largest absolute Gasteiger partial charge is 0.223 e. The van der Waals surface area contributed by atoms with Crippen molar-refractivity contribution in [3.63, 3.8) is 0 Å². The van der Waals surface area contributed by atoms with Gasteiger partial charge in [-0.2, -0.15) is 0 Å². The molecule has 2 rings (SSSR count). The van der Waals surface area contributed by atoms with E-state index < -0.39 is 24.8 Å². The number of hydrogen-bond acceptors (Lipinski definition) is 4. The van der Waals surface area contributed by atoms with Gasteiger partial charge in [-0.1, -0.05) is 35.9 Å². The molecule has 0 spiro atoms. The predicted octanol–water partition coefficient (Wildman–Crippen LogP) is 2.82. The van der Waals surface area contributed by atoms with E-state index in [2.05, 4.69) is 0 Å². The van der Waals surface area contributed by atoms with Crippen LogP contribution in [0.3, 0.4) is 0 Å². The lowest BCUT2D eigenvalue weighted by Gasteiger charge is -2.12. The lowest BCUT2D eigenvalue weighted by Crippen LogP contribution is -2.18. The number of hydrogen-bond donors (Lipinski definition) is 0. The molecule has 0 N–H and O–H groups in total. The highest BCUT2D eigenvalue weighted by Gasteiger charge is 2.28. The first-order chi connectivity index (χ1) is 10.1. The normalized spacial score (nSPS) is 12.3. The van der Waals surface area contributed by atoms with Crippen molar-refractivity contribution in [3.8, 4) is 0 Å². The van der Waals surface area contributed by atoms with E-state index in [0.717, 1.165) is 5.56 Å². The van der Waals surface area contributed by atoms with Crippen molar-refractivity contribution in [1.29, 1.82) is 0 Å². The molecule has 4 nitrogen and oxygen atoms in total. The Bertz CT molecular complexity index is 873. The van der Waals surface area contributed by atoms with E-state index in [1.807, 2.05) is 6.92 Å². The van der Waals surface area contributed by atoms with Crippen LogP contribution in [0.4, 0.5) is 0 Å². The highest BCUT2D eigenvalue weighted by Crippen LogP contribution is 2.25. The molecule has 118 valence electrons. The molecule has 0 fully saturated rings. The van der Waals surface area contributed by atoms with Crippen molar-refractivity contribution in [2.24, 2.45) is 0 Å². The zero-order chi connectivity index (χ0) is 16.5. The molecule has 0 saturated carbocycles. The topological polar surface area (TPSA) is 68.3 Å². The van der Waals surface area contributed by atoms with Crippen molar-refractivity contribution in [3.05, 3.63) is 59.2 Å². The van der Waals surface area contributed by atoms with Crippen LogP contribution in [0.2, 0.25) is 0 Å². The minimum atomic E-state index is -3.93. The smallest absolute Gasteiger partial charge is 0.193 e. The van der Waals surface area contributed by atoms with Crippen LogP contribution in [0.25, 0.3) is 0 Å². The van der Waals surface area contributed by atoms with Gasteiger partial charge in [-0.25, -0.2) is 16.8 Å². The highest BCUT2D eigenvalue weighted by atomic mass is 32.3. The summed E-state index contributed by atoms with van der Waals surface area (Å²) in [6.07, 6.45) is 0. The van der Waals surface area contributed by atoms with Crippen LogP contribution in [0.5, 0.6) is 0 Å². The zero-order valence-corrected chi connectivity index (χ0v) is 14.3. The average molecular weight is 338 g/mol. The van der Waals surface area contributed by atoms with Gasteiger partial charge in [0.2, 0.25) is 0 Å². The van der Waals surface area contributed by atoms with E-state index in [1.54, 1.807) is 44.2 Å². The molecule has 22 heavy (non-hydrogen) atoms. The maximum absolute atomic E-state index is 12.6. The third kappa shape index (κ3) is 3.39. The quantitative estimate of drug-likeness (QED) is 0.859. The fraction of sp³-hybridized carbons (Fsp3) is 0.250. The summed E-state index contributed by atoms with van der Waals surface area (Å²) in [5.74, 6) is 0. The minimum Gasteiger partial charge on any atom is -0.223 e. The van der Waals surface area contributed by atoms with Crippen LogP contribution in [-0.2, 0) is 19.7 Å². The van der Waals surface area contributed by atoms with Crippen LogP contribution < -0.4 is 0 Å². The third-order valence-corrected chi connectivity index (χ3v) is 8.07. The maximum Gasteiger partial charge on any atom is 0.193 e. The number of sulfone groups is 2. The summed E-state index contributed by atoms with van der Waals surface area (Å²) in [4.78, 5) is 0.124. The molecule has 0 aliphatic heterocycles. The number of rotatable bonds is 4. The molecule has 0 amide bonds. The Balaban J connectivity index is 2.50. The average Bonchev–Trinajstić information content (AvgIpc) is 2.36. The van der Waals surface area contributed by atoms with Gasteiger partial charge in [0.05, 0.1) is 9.79 Å². The second-order valence-corrected chi connectivity index (χ2v) is 9.67. The molecule has 2 aromatic carbocycles. The van der Waals surface area contributed by atoms with E-state index in [1.165, 1.54) is 12.1 Å². The summed E-state index contributed by atoms with van der Waals surface area (Å²) in [5.41, 5.74) is 2.08. The Morgan fingerprint density at radius 2 is 1.27 bits per heavy atom. The first kappa shape index (κ1) is 16.7.